The number of rotatable bonds is 6. The van der Waals surface area contributed by atoms with Crippen molar-refractivity contribution in [1.29, 1.82) is 0 Å². The van der Waals surface area contributed by atoms with E-state index in [4.69, 9.17) is 4.74 Å². The van der Waals surface area contributed by atoms with Gasteiger partial charge in [-0.1, -0.05) is 20.8 Å². The van der Waals surface area contributed by atoms with Crippen LogP contribution in [0.25, 0.3) is 0 Å². The SMILES string of the molecule is CC(C)(C)C1CCC(OC(=O)CCCC(=O)Nc2ccc(F)cc2)CC1. The smallest absolute Gasteiger partial charge is 0.306 e. The summed E-state index contributed by atoms with van der Waals surface area (Å²) < 4.78 is 18.4. The molecule has 144 valence electrons. The molecule has 1 N–H and O–H groups in total. The predicted molar refractivity (Wildman–Crippen MR) is 100 cm³/mol. The lowest BCUT2D eigenvalue weighted by molar-refractivity contribution is -0.151. The molecule has 26 heavy (non-hydrogen) atoms. The van der Waals surface area contributed by atoms with Crippen molar-refractivity contribution in [3.8, 4) is 0 Å². The van der Waals surface area contributed by atoms with Gasteiger partial charge in [-0.15, -0.1) is 0 Å². The van der Waals surface area contributed by atoms with Crippen LogP contribution in [-0.4, -0.2) is 18.0 Å². The molecule has 0 radical (unpaired) electrons. The number of nitrogens with one attached hydrogen (secondary N) is 1. The van der Waals surface area contributed by atoms with Crippen LogP contribution in [0.15, 0.2) is 24.3 Å². The molecule has 5 heteroatoms. The number of anilines is 1. The van der Waals surface area contributed by atoms with E-state index >= 15 is 0 Å². The van der Waals surface area contributed by atoms with Crippen molar-refractivity contribution in [2.45, 2.75) is 71.8 Å². The van der Waals surface area contributed by atoms with E-state index in [-0.39, 0.29) is 36.6 Å². The summed E-state index contributed by atoms with van der Waals surface area (Å²) in [5.74, 6) is -0.0660. The van der Waals surface area contributed by atoms with Crippen LogP contribution in [0.1, 0.15) is 65.7 Å². The Morgan fingerprint density at radius 1 is 1.08 bits per heavy atom. The van der Waals surface area contributed by atoms with E-state index in [1.807, 2.05) is 0 Å². The quantitative estimate of drug-likeness (QED) is 0.717. The van der Waals surface area contributed by atoms with Gasteiger partial charge in [-0.2, -0.15) is 0 Å². The van der Waals surface area contributed by atoms with E-state index in [0.29, 0.717) is 23.4 Å². The molecule has 1 saturated carbocycles. The number of hydrogen-bond donors (Lipinski definition) is 1. The van der Waals surface area contributed by atoms with Crippen molar-refractivity contribution in [3.63, 3.8) is 0 Å². The summed E-state index contributed by atoms with van der Waals surface area (Å²) >= 11 is 0. The van der Waals surface area contributed by atoms with E-state index in [1.54, 1.807) is 0 Å². The molecule has 0 aliphatic heterocycles. The molecule has 0 bridgehead atoms. The van der Waals surface area contributed by atoms with Gasteiger partial charge in [-0.3, -0.25) is 9.59 Å². The molecular formula is C21H30FNO3. The Morgan fingerprint density at radius 2 is 1.69 bits per heavy atom. The minimum atomic E-state index is -0.345. The minimum absolute atomic E-state index is 0.0224. The Balaban J connectivity index is 1.62. The van der Waals surface area contributed by atoms with Gasteiger partial charge in [0.2, 0.25) is 5.91 Å². The van der Waals surface area contributed by atoms with Crippen molar-refractivity contribution in [2.75, 3.05) is 5.32 Å². The number of halogens is 1. The lowest BCUT2D eigenvalue weighted by Crippen LogP contribution is -2.30. The summed E-state index contributed by atoms with van der Waals surface area (Å²) in [6, 6.07) is 5.60. The fourth-order valence-corrected chi connectivity index (χ4v) is 3.44. The monoisotopic (exact) mass is 363 g/mol. The van der Waals surface area contributed by atoms with Crippen molar-refractivity contribution in [1.82, 2.24) is 0 Å². The first-order chi connectivity index (χ1) is 12.2. The first-order valence-electron chi connectivity index (χ1n) is 9.49. The summed E-state index contributed by atoms with van der Waals surface area (Å²) in [4.78, 5) is 23.8. The van der Waals surface area contributed by atoms with E-state index < -0.39 is 0 Å². The number of esters is 1. The average molecular weight is 363 g/mol. The van der Waals surface area contributed by atoms with Crippen LogP contribution in [0.2, 0.25) is 0 Å². The first-order valence-corrected chi connectivity index (χ1v) is 9.49. The van der Waals surface area contributed by atoms with Crippen LogP contribution < -0.4 is 5.32 Å². The number of amides is 1. The Morgan fingerprint density at radius 3 is 2.27 bits per heavy atom. The zero-order valence-electron chi connectivity index (χ0n) is 16.0. The van der Waals surface area contributed by atoms with Crippen LogP contribution >= 0.6 is 0 Å². The predicted octanol–water partition coefficient (Wildman–Crippen LogP) is 5.08. The van der Waals surface area contributed by atoms with E-state index in [9.17, 15) is 14.0 Å². The normalized spacial score (nSPS) is 20.5. The van der Waals surface area contributed by atoms with Crippen molar-refractivity contribution in [3.05, 3.63) is 30.1 Å². The molecule has 1 amide bonds. The molecule has 0 aromatic heterocycles. The highest BCUT2D eigenvalue weighted by molar-refractivity contribution is 5.90. The number of ether oxygens (including phenoxy) is 1. The molecule has 1 aliphatic rings. The van der Waals surface area contributed by atoms with Gasteiger partial charge in [0, 0.05) is 18.5 Å². The lowest BCUT2D eigenvalue weighted by Gasteiger charge is -2.36. The average Bonchev–Trinajstić information content (AvgIpc) is 2.56. The van der Waals surface area contributed by atoms with Crippen molar-refractivity contribution in [2.24, 2.45) is 11.3 Å². The Bertz CT molecular complexity index is 599. The summed E-state index contributed by atoms with van der Waals surface area (Å²) in [6.45, 7) is 6.79. The highest BCUT2D eigenvalue weighted by Crippen LogP contribution is 2.38. The molecule has 0 unspecified atom stereocenters. The maximum atomic E-state index is 12.8. The van der Waals surface area contributed by atoms with E-state index in [2.05, 4.69) is 26.1 Å². The van der Waals surface area contributed by atoms with Crippen molar-refractivity contribution >= 4 is 17.6 Å². The zero-order chi connectivity index (χ0) is 19.2. The van der Waals surface area contributed by atoms with Crippen molar-refractivity contribution < 1.29 is 18.7 Å². The number of carbonyl (C=O) groups excluding carboxylic acids is 2. The molecule has 0 atom stereocenters. The zero-order valence-corrected chi connectivity index (χ0v) is 16.0. The maximum absolute atomic E-state index is 12.8. The van der Waals surface area contributed by atoms with Crippen LogP contribution in [0.3, 0.4) is 0 Å². The van der Waals surface area contributed by atoms with Crippen LogP contribution in [0.4, 0.5) is 10.1 Å². The molecule has 0 saturated heterocycles. The molecule has 1 aliphatic carbocycles. The molecule has 4 nitrogen and oxygen atoms in total. The standard InChI is InChI=1S/C21H30FNO3/c1-21(2,3)15-7-13-18(14-8-15)26-20(25)6-4-5-19(24)23-17-11-9-16(22)10-12-17/h9-12,15,18H,4-8,13-14H2,1-3H3,(H,23,24). The summed E-state index contributed by atoms with van der Waals surface area (Å²) in [7, 11) is 0. The summed E-state index contributed by atoms with van der Waals surface area (Å²) in [5.41, 5.74) is 0.863. The molecule has 1 aromatic rings. The molecule has 0 spiro atoms. The topological polar surface area (TPSA) is 55.4 Å². The van der Waals surface area contributed by atoms with Crippen LogP contribution in [0, 0.1) is 17.2 Å². The number of hydrogen-bond acceptors (Lipinski definition) is 3. The van der Waals surface area contributed by atoms with E-state index in [1.165, 1.54) is 24.3 Å². The van der Waals surface area contributed by atoms with Gasteiger partial charge in [0.05, 0.1) is 0 Å². The van der Waals surface area contributed by atoms with Gasteiger partial charge in [0.1, 0.15) is 11.9 Å². The van der Waals surface area contributed by atoms with Crippen LogP contribution in [0.5, 0.6) is 0 Å². The molecule has 2 rings (SSSR count). The fraction of sp³-hybridized carbons (Fsp3) is 0.619. The second-order valence-electron chi connectivity index (χ2n) is 8.24. The third-order valence-electron chi connectivity index (χ3n) is 5.11. The Hall–Kier alpha value is -1.91. The van der Waals surface area contributed by atoms with Gasteiger partial charge >= 0.3 is 5.97 Å². The molecule has 0 heterocycles. The fourth-order valence-electron chi connectivity index (χ4n) is 3.44. The lowest BCUT2D eigenvalue weighted by atomic mass is 9.72. The Kier molecular flexibility index (Phi) is 7.18. The maximum Gasteiger partial charge on any atom is 0.306 e. The third-order valence-corrected chi connectivity index (χ3v) is 5.11. The van der Waals surface area contributed by atoms with Gasteiger partial charge in [0.15, 0.2) is 0 Å². The molecular weight excluding hydrogens is 333 g/mol. The number of carbonyl (C=O) groups is 2. The van der Waals surface area contributed by atoms with Gasteiger partial charge in [0.25, 0.3) is 0 Å². The van der Waals surface area contributed by atoms with Crippen LogP contribution in [-0.2, 0) is 14.3 Å². The number of benzene rings is 1. The summed E-state index contributed by atoms with van der Waals surface area (Å²) in [6.07, 6.45) is 5.01. The van der Waals surface area contributed by atoms with Gasteiger partial charge in [-0.05, 0) is 67.7 Å². The molecule has 1 aromatic carbocycles. The third kappa shape index (κ3) is 6.77. The highest BCUT2D eigenvalue weighted by Gasteiger charge is 2.30. The second kappa shape index (κ2) is 9.15. The van der Waals surface area contributed by atoms with E-state index in [0.717, 1.165) is 25.7 Å². The molecule has 1 fully saturated rings. The minimum Gasteiger partial charge on any atom is -0.462 e. The Labute approximate surface area is 155 Å². The largest absolute Gasteiger partial charge is 0.462 e. The van der Waals surface area contributed by atoms with Gasteiger partial charge < -0.3 is 10.1 Å². The highest BCUT2D eigenvalue weighted by atomic mass is 19.1. The first kappa shape index (κ1) is 20.4. The summed E-state index contributed by atoms with van der Waals surface area (Å²) in [5, 5.41) is 2.69. The second-order valence-corrected chi connectivity index (χ2v) is 8.24. The van der Waals surface area contributed by atoms with Gasteiger partial charge in [-0.25, -0.2) is 4.39 Å².